The Labute approximate surface area is 207 Å². The van der Waals surface area contributed by atoms with Crippen molar-refractivity contribution in [3.63, 3.8) is 0 Å². The largest absolute Gasteiger partial charge is 0.480 e. The van der Waals surface area contributed by atoms with Crippen LogP contribution in [0.4, 0.5) is 0 Å². The van der Waals surface area contributed by atoms with Gasteiger partial charge in [-0.2, -0.15) is 0 Å². The van der Waals surface area contributed by atoms with Crippen molar-refractivity contribution in [2.24, 2.45) is 22.0 Å². The van der Waals surface area contributed by atoms with Crippen molar-refractivity contribution in [2.75, 3.05) is 19.7 Å². The smallest absolute Gasteiger partial charge is 0.320 e. The molecule has 0 aromatic rings. The molecule has 0 saturated heterocycles. The molecule has 1 unspecified atom stereocenters. The maximum atomic E-state index is 12.6. The van der Waals surface area contributed by atoms with Crippen LogP contribution in [0.25, 0.3) is 0 Å². The highest BCUT2D eigenvalue weighted by atomic mass is 16.5. The van der Waals surface area contributed by atoms with Crippen LogP contribution in [0.15, 0.2) is 0 Å². The number of carboxylic acid groups (broad SMARTS) is 1. The Morgan fingerprint density at radius 1 is 0.824 bits per heavy atom. The number of nitrogens with two attached hydrogens (primary N) is 1. The van der Waals surface area contributed by atoms with Gasteiger partial charge in [0.25, 0.3) is 0 Å². The average Bonchev–Trinajstić information content (AvgIpc) is 2.64. The van der Waals surface area contributed by atoms with Crippen LogP contribution in [0, 0.1) is 16.2 Å². The zero-order valence-electron chi connectivity index (χ0n) is 23.1. The Morgan fingerprint density at radius 2 is 1.35 bits per heavy atom. The highest BCUT2D eigenvalue weighted by molar-refractivity contribution is 5.82. The van der Waals surface area contributed by atoms with Crippen LogP contribution in [0.1, 0.15) is 101 Å². The molecule has 200 valence electrons. The van der Waals surface area contributed by atoms with E-state index in [9.17, 15) is 14.4 Å². The van der Waals surface area contributed by atoms with E-state index in [0.29, 0.717) is 51.8 Å². The first-order chi connectivity index (χ1) is 15.3. The fraction of sp³-hybridized carbons (Fsp3) is 0.885. The third-order valence-corrected chi connectivity index (χ3v) is 5.98. The third kappa shape index (κ3) is 13.9. The minimum absolute atomic E-state index is 0.0511. The molecule has 2 amide bonds. The number of carbonyl (C=O) groups is 3. The topological polar surface area (TPSA) is 131 Å². The molecule has 0 rings (SSSR count). The lowest BCUT2D eigenvalue weighted by atomic mass is 9.75. The minimum Gasteiger partial charge on any atom is -0.480 e. The Hall–Kier alpha value is -1.67. The molecule has 1 atom stereocenters. The predicted molar refractivity (Wildman–Crippen MR) is 136 cm³/mol. The van der Waals surface area contributed by atoms with Crippen LogP contribution >= 0.6 is 0 Å². The summed E-state index contributed by atoms with van der Waals surface area (Å²) in [5.74, 6) is -0.995. The lowest BCUT2D eigenvalue weighted by Gasteiger charge is -2.32. The van der Waals surface area contributed by atoms with Crippen molar-refractivity contribution in [3.8, 4) is 0 Å². The van der Waals surface area contributed by atoms with E-state index >= 15 is 0 Å². The summed E-state index contributed by atoms with van der Waals surface area (Å²) in [5.41, 5.74) is 4.13. The normalized spacial score (nSPS) is 13.9. The number of rotatable bonds is 16. The molecule has 0 bridgehead atoms. The van der Waals surface area contributed by atoms with Crippen LogP contribution in [-0.4, -0.2) is 54.2 Å². The number of unbranched alkanes of at least 4 members (excludes halogenated alkanes) is 1. The molecule has 5 N–H and O–H groups in total. The lowest BCUT2D eigenvalue weighted by molar-refractivity contribution is -0.138. The number of carbonyl (C=O) groups excluding carboxylic acids is 2. The summed E-state index contributed by atoms with van der Waals surface area (Å²) < 4.78 is 6.05. The lowest BCUT2D eigenvalue weighted by Crippen LogP contribution is -2.42. The Bertz CT molecular complexity index is 666. The summed E-state index contributed by atoms with van der Waals surface area (Å²) in [5, 5.41) is 14.8. The summed E-state index contributed by atoms with van der Waals surface area (Å²) in [6.07, 6.45) is 3.78. The molecule has 0 fully saturated rings. The van der Waals surface area contributed by atoms with Crippen molar-refractivity contribution in [2.45, 2.75) is 112 Å². The van der Waals surface area contributed by atoms with Crippen molar-refractivity contribution >= 4 is 17.8 Å². The van der Waals surface area contributed by atoms with Gasteiger partial charge in [0.2, 0.25) is 11.8 Å². The van der Waals surface area contributed by atoms with Crippen molar-refractivity contribution < 1.29 is 24.2 Å². The second-order valence-corrected chi connectivity index (χ2v) is 12.6. The molecule has 0 saturated carbocycles. The van der Waals surface area contributed by atoms with Crippen LogP contribution in [-0.2, 0) is 19.1 Å². The molecule has 8 heteroatoms. The van der Waals surface area contributed by atoms with Crippen LogP contribution in [0.5, 0.6) is 0 Å². The van der Waals surface area contributed by atoms with Gasteiger partial charge < -0.3 is 26.2 Å². The SMILES string of the molecule is CC(C)(C)CC(C)(C)C(=O)NCCC(C)(C)OCCC(C)(C)C(=O)NCCCCC(N)C(=O)O. The first-order valence-corrected chi connectivity index (χ1v) is 12.5. The quantitative estimate of drug-likeness (QED) is 0.246. The molecule has 0 heterocycles. The maximum absolute atomic E-state index is 12.6. The number of hydrogen-bond donors (Lipinski definition) is 4. The molecular formula is C26H51N3O5. The predicted octanol–water partition coefficient (Wildman–Crippen LogP) is 3.87. The van der Waals surface area contributed by atoms with E-state index < -0.39 is 28.4 Å². The fourth-order valence-electron chi connectivity index (χ4n) is 3.94. The van der Waals surface area contributed by atoms with Gasteiger partial charge in [0.15, 0.2) is 0 Å². The van der Waals surface area contributed by atoms with Gasteiger partial charge in [-0.3, -0.25) is 14.4 Å². The molecular weight excluding hydrogens is 434 g/mol. The van der Waals surface area contributed by atoms with Crippen LogP contribution in [0.3, 0.4) is 0 Å². The average molecular weight is 486 g/mol. The summed E-state index contributed by atoms with van der Waals surface area (Å²) in [4.78, 5) is 35.9. The zero-order valence-corrected chi connectivity index (χ0v) is 23.1. The van der Waals surface area contributed by atoms with E-state index in [-0.39, 0.29) is 17.2 Å². The first-order valence-electron chi connectivity index (χ1n) is 12.5. The van der Waals surface area contributed by atoms with Gasteiger partial charge in [-0.25, -0.2) is 0 Å². The van der Waals surface area contributed by atoms with Gasteiger partial charge in [-0.05, 0) is 57.8 Å². The standard InChI is InChI=1S/C26H51N3O5/c1-23(2,3)18-25(6,7)22(33)29-16-13-26(8,9)34-17-14-24(4,5)21(32)28-15-11-10-12-19(27)20(30)31/h19H,10-18,27H2,1-9H3,(H,28,32)(H,29,33)(H,30,31). The summed E-state index contributed by atoms with van der Waals surface area (Å²) in [7, 11) is 0. The highest BCUT2D eigenvalue weighted by Crippen LogP contribution is 2.33. The van der Waals surface area contributed by atoms with Crippen molar-refractivity contribution in [3.05, 3.63) is 0 Å². The molecule has 0 aliphatic carbocycles. The summed E-state index contributed by atoms with van der Waals surface area (Å²) in [6.45, 7) is 19.6. The Balaban J connectivity index is 4.32. The van der Waals surface area contributed by atoms with Gasteiger partial charge in [-0.1, -0.05) is 48.5 Å². The monoisotopic (exact) mass is 485 g/mol. The molecule has 0 radical (unpaired) electrons. The van der Waals surface area contributed by atoms with E-state index in [1.807, 2.05) is 41.5 Å². The molecule has 0 aromatic carbocycles. The molecule has 34 heavy (non-hydrogen) atoms. The molecule has 0 aliphatic rings. The minimum atomic E-state index is -1.00. The molecule has 0 spiro atoms. The number of aliphatic carboxylic acids is 1. The number of carboxylic acids is 1. The highest BCUT2D eigenvalue weighted by Gasteiger charge is 2.33. The van der Waals surface area contributed by atoms with Gasteiger partial charge in [-0.15, -0.1) is 0 Å². The van der Waals surface area contributed by atoms with Crippen LogP contribution in [0.2, 0.25) is 0 Å². The fourth-order valence-corrected chi connectivity index (χ4v) is 3.94. The number of ether oxygens (including phenoxy) is 1. The first kappa shape index (κ1) is 32.3. The van der Waals surface area contributed by atoms with E-state index in [1.165, 1.54) is 0 Å². The number of nitrogens with one attached hydrogen (secondary N) is 2. The van der Waals surface area contributed by atoms with E-state index in [0.717, 1.165) is 6.42 Å². The van der Waals surface area contributed by atoms with Crippen LogP contribution < -0.4 is 16.4 Å². The van der Waals surface area contributed by atoms with E-state index in [4.69, 9.17) is 15.6 Å². The van der Waals surface area contributed by atoms with E-state index in [2.05, 4.69) is 31.4 Å². The van der Waals surface area contributed by atoms with Crippen molar-refractivity contribution in [1.29, 1.82) is 0 Å². The molecule has 0 aromatic heterocycles. The molecule has 0 aliphatic heterocycles. The van der Waals surface area contributed by atoms with Gasteiger partial charge in [0, 0.05) is 30.5 Å². The third-order valence-electron chi connectivity index (χ3n) is 5.98. The maximum Gasteiger partial charge on any atom is 0.320 e. The number of hydrogen-bond acceptors (Lipinski definition) is 5. The Kier molecular flexibility index (Phi) is 12.8. The Morgan fingerprint density at radius 3 is 1.88 bits per heavy atom. The molecule has 8 nitrogen and oxygen atoms in total. The summed E-state index contributed by atoms with van der Waals surface area (Å²) >= 11 is 0. The second kappa shape index (κ2) is 13.4. The van der Waals surface area contributed by atoms with E-state index in [1.54, 1.807) is 0 Å². The van der Waals surface area contributed by atoms with Gasteiger partial charge >= 0.3 is 5.97 Å². The zero-order chi connectivity index (χ0) is 26.8. The van der Waals surface area contributed by atoms with Gasteiger partial charge in [0.1, 0.15) is 6.04 Å². The number of amides is 2. The van der Waals surface area contributed by atoms with Crippen molar-refractivity contribution in [1.82, 2.24) is 10.6 Å². The second-order valence-electron chi connectivity index (χ2n) is 12.6. The summed E-state index contributed by atoms with van der Waals surface area (Å²) in [6, 6.07) is -0.851. The van der Waals surface area contributed by atoms with Gasteiger partial charge in [0.05, 0.1) is 5.60 Å².